The normalized spacial score (nSPS) is 14.9. The Morgan fingerprint density at radius 2 is 1.23 bits per heavy atom. The molecule has 0 amide bonds. The van der Waals surface area contributed by atoms with Crippen molar-refractivity contribution in [1.29, 1.82) is 0 Å². The molecule has 2 heteroatoms. The highest BCUT2D eigenvalue weighted by Crippen LogP contribution is 2.45. The number of thioether (sulfide) groups is 1. The van der Waals surface area contributed by atoms with Crippen molar-refractivity contribution in [2.45, 2.75) is 82.6 Å². The van der Waals surface area contributed by atoms with Crippen LogP contribution in [0.3, 0.4) is 0 Å². The molecule has 3 aromatic rings. The van der Waals surface area contributed by atoms with Crippen molar-refractivity contribution >= 4 is 11.8 Å². The molecule has 3 rings (SSSR count). The Labute approximate surface area is 218 Å². The minimum absolute atomic E-state index is 0.0921. The van der Waals surface area contributed by atoms with Crippen molar-refractivity contribution < 1.29 is 5.11 Å². The van der Waals surface area contributed by atoms with Crippen molar-refractivity contribution in [1.82, 2.24) is 0 Å². The zero-order valence-corrected chi connectivity index (χ0v) is 23.3. The number of phenolic OH excluding ortho intramolecular Hbond substituents is 1. The van der Waals surface area contributed by atoms with Crippen LogP contribution in [0.5, 0.6) is 5.75 Å². The third-order valence-electron chi connectivity index (χ3n) is 8.35. The van der Waals surface area contributed by atoms with Gasteiger partial charge in [0.1, 0.15) is 5.75 Å². The van der Waals surface area contributed by atoms with Gasteiger partial charge in [0.25, 0.3) is 0 Å². The van der Waals surface area contributed by atoms with E-state index in [0.717, 1.165) is 5.75 Å². The van der Waals surface area contributed by atoms with Crippen molar-refractivity contribution in [3.8, 4) is 5.75 Å². The third kappa shape index (κ3) is 7.17. The zero-order valence-electron chi connectivity index (χ0n) is 22.5. The van der Waals surface area contributed by atoms with Crippen molar-refractivity contribution in [3.05, 3.63) is 102 Å². The van der Waals surface area contributed by atoms with Crippen LogP contribution in [0.1, 0.15) is 77.5 Å². The van der Waals surface area contributed by atoms with Crippen LogP contribution in [0.2, 0.25) is 0 Å². The van der Waals surface area contributed by atoms with E-state index >= 15 is 0 Å². The van der Waals surface area contributed by atoms with Gasteiger partial charge in [-0.15, -0.1) is 0 Å². The Bertz CT molecular complexity index is 1010. The Morgan fingerprint density at radius 1 is 0.714 bits per heavy atom. The number of benzene rings is 3. The van der Waals surface area contributed by atoms with E-state index in [1.807, 2.05) is 12.1 Å². The number of hydrogen-bond acceptors (Lipinski definition) is 2. The van der Waals surface area contributed by atoms with E-state index in [0.29, 0.717) is 22.8 Å². The molecule has 188 valence electrons. The van der Waals surface area contributed by atoms with Gasteiger partial charge in [-0.25, -0.2) is 0 Å². The fourth-order valence-electron chi connectivity index (χ4n) is 5.14. The van der Waals surface area contributed by atoms with Gasteiger partial charge in [-0.1, -0.05) is 114 Å². The molecule has 0 fully saturated rings. The second-order valence-corrected chi connectivity index (χ2v) is 12.5. The van der Waals surface area contributed by atoms with Crippen LogP contribution < -0.4 is 0 Å². The maximum Gasteiger partial charge on any atom is 0.115 e. The average Bonchev–Trinajstić information content (AvgIpc) is 2.87. The number of aromatic hydroxyl groups is 1. The molecule has 1 nitrogen and oxygen atoms in total. The number of phenols is 1. The summed E-state index contributed by atoms with van der Waals surface area (Å²) < 4.78 is 0. The molecule has 0 bridgehead atoms. The Balaban J connectivity index is 1.82. The molecule has 0 saturated carbocycles. The zero-order chi connectivity index (χ0) is 25.5. The molecule has 3 aromatic carbocycles. The summed E-state index contributed by atoms with van der Waals surface area (Å²) in [5, 5.41) is 10.2. The van der Waals surface area contributed by atoms with Crippen LogP contribution in [0.25, 0.3) is 0 Å². The molecule has 0 saturated heterocycles. The highest BCUT2D eigenvalue weighted by atomic mass is 32.2. The van der Waals surface area contributed by atoms with Gasteiger partial charge in [-0.2, -0.15) is 11.8 Å². The standard InChI is InChI=1S/C33H44OS/c1-7-31(35-24-26-18-20-30(34)21-19-26)23-29(33(5,6)28-16-12-9-13-17-28)22-25(2)32(3,4)27-14-10-8-11-15-27/h8-21,25,29,31,34H,7,22-24H2,1-6H3. The maximum absolute atomic E-state index is 9.62. The van der Waals surface area contributed by atoms with Gasteiger partial charge in [0, 0.05) is 11.0 Å². The van der Waals surface area contributed by atoms with Crippen molar-refractivity contribution in [3.63, 3.8) is 0 Å². The van der Waals surface area contributed by atoms with Crippen LogP contribution in [-0.2, 0) is 16.6 Å². The molecule has 0 radical (unpaired) electrons. The summed E-state index contributed by atoms with van der Waals surface area (Å²) in [6, 6.07) is 29.8. The number of hydrogen-bond donors (Lipinski definition) is 1. The SMILES string of the molecule is CCC(CC(CC(C)C(C)(C)c1ccccc1)C(C)(C)c1ccccc1)SCc1ccc(O)cc1. The van der Waals surface area contributed by atoms with Crippen LogP contribution in [0.15, 0.2) is 84.9 Å². The second-order valence-electron chi connectivity index (χ2n) is 11.3. The minimum Gasteiger partial charge on any atom is -0.508 e. The molecule has 3 unspecified atom stereocenters. The topological polar surface area (TPSA) is 20.2 Å². The lowest BCUT2D eigenvalue weighted by Gasteiger charge is -2.42. The molecule has 3 atom stereocenters. The van der Waals surface area contributed by atoms with E-state index in [1.165, 1.54) is 36.0 Å². The predicted molar refractivity (Wildman–Crippen MR) is 154 cm³/mol. The lowest BCUT2D eigenvalue weighted by Crippen LogP contribution is -2.36. The van der Waals surface area contributed by atoms with Gasteiger partial charge in [0.2, 0.25) is 0 Å². The smallest absolute Gasteiger partial charge is 0.115 e. The minimum atomic E-state index is 0.0921. The van der Waals surface area contributed by atoms with Crippen molar-refractivity contribution in [2.24, 2.45) is 11.8 Å². The first-order valence-electron chi connectivity index (χ1n) is 13.1. The molecule has 0 heterocycles. The molecule has 0 aliphatic heterocycles. The second kappa shape index (κ2) is 12.2. The average molecular weight is 489 g/mol. The summed E-state index contributed by atoms with van der Waals surface area (Å²) in [5.41, 5.74) is 4.36. The highest BCUT2D eigenvalue weighted by Gasteiger charge is 2.37. The van der Waals surface area contributed by atoms with Gasteiger partial charge >= 0.3 is 0 Å². The highest BCUT2D eigenvalue weighted by molar-refractivity contribution is 7.99. The van der Waals surface area contributed by atoms with Crippen molar-refractivity contribution in [2.75, 3.05) is 0 Å². The van der Waals surface area contributed by atoms with E-state index in [-0.39, 0.29) is 10.8 Å². The largest absolute Gasteiger partial charge is 0.508 e. The molecular weight excluding hydrogens is 444 g/mol. The van der Waals surface area contributed by atoms with Gasteiger partial charge < -0.3 is 5.11 Å². The first-order chi connectivity index (χ1) is 16.6. The summed E-state index contributed by atoms with van der Waals surface area (Å²) >= 11 is 2.07. The molecule has 0 aliphatic rings. The summed E-state index contributed by atoms with van der Waals surface area (Å²) in [6.45, 7) is 14.5. The summed E-state index contributed by atoms with van der Waals surface area (Å²) in [4.78, 5) is 0. The molecule has 1 N–H and O–H groups in total. The molecule has 0 aromatic heterocycles. The summed E-state index contributed by atoms with van der Waals surface area (Å²) in [7, 11) is 0. The Hall–Kier alpha value is -2.19. The van der Waals surface area contributed by atoms with Gasteiger partial charge in [0.15, 0.2) is 0 Å². The van der Waals surface area contributed by atoms with E-state index in [4.69, 9.17) is 0 Å². The third-order valence-corrected chi connectivity index (χ3v) is 9.85. The quantitative estimate of drug-likeness (QED) is 0.274. The number of rotatable bonds is 12. The Morgan fingerprint density at radius 3 is 1.74 bits per heavy atom. The molecular formula is C33H44OS. The predicted octanol–water partition coefficient (Wildman–Crippen LogP) is 9.39. The first kappa shape index (κ1) is 27.4. The van der Waals surface area contributed by atoms with Crippen LogP contribution >= 0.6 is 11.8 Å². The van der Waals surface area contributed by atoms with E-state index < -0.39 is 0 Å². The molecule has 0 spiro atoms. The lowest BCUT2D eigenvalue weighted by molar-refractivity contribution is 0.199. The first-order valence-corrected chi connectivity index (χ1v) is 14.2. The Kier molecular flexibility index (Phi) is 9.53. The lowest BCUT2D eigenvalue weighted by atomic mass is 9.63. The monoisotopic (exact) mass is 488 g/mol. The van der Waals surface area contributed by atoms with Crippen LogP contribution in [0, 0.1) is 11.8 Å². The molecule has 0 aliphatic carbocycles. The summed E-state index contributed by atoms with van der Waals surface area (Å²) in [5.74, 6) is 2.45. The van der Waals surface area contributed by atoms with E-state index in [9.17, 15) is 5.11 Å². The van der Waals surface area contributed by atoms with E-state index in [1.54, 1.807) is 12.1 Å². The van der Waals surface area contributed by atoms with Gasteiger partial charge in [0.05, 0.1) is 0 Å². The summed E-state index contributed by atoms with van der Waals surface area (Å²) in [6.07, 6.45) is 3.57. The van der Waals surface area contributed by atoms with Crippen LogP contribution in [-0.4, -0.2) is 10.4 Å². The molecule has 35 heavy (non-hydrogen) atoms. The maximum atomic E-state index is 9.62. The van der Waals surface area contributed by atoms with E-state index in [2.05, 4.69) is 114 Å². The van der Waals surface area contributed by atoms with Gasteiger partial charge in [-0.3, -0.25) is 0 Å². The van der Waals surface area contributed by atoms with Gasteiger partial charge in [-0.05, 0) is 70.8 Å². The van der Waals surface area contributed by atoms with Crippen LogP contribution in [0.4, 0.5) is 0 Å². The fraction of sp³-hybridized carbons (Fsp3) is 0.455. The fourth-order valence-corrected chi connectivity index (χ4v) is 6.36.